The fourth-order valence-electron chi connectivity index (χ4n) is 3.37. The Morgan fingerprint density at radius 2 is 1.89 bits per heavy atom. The summed E-state index contributed by atoms with van der Waals surface area (Å²) in [5.41, 5.74) is -0.201. The molecule has 0 amide bonds. The first-order valence-electron chi connectivity index (χ1n) is 7.23. The summed E-state index contributed by atoms with van der Waals surface area (Å²) in [6, 6.07) is 0.469. The monoisotopic (exact) mass is 255 g/mol. The van der Waals surface area contributed by atoms with Gasteiger partial charge in [0.1, 0.15) is 0 Å². The van der Waals surface area contributed by atoms with E-state index in [2.05, 4.69) is 26.1 Å². The normalized spacial score (nSPS) is 27.4. The molecule has 1 saturated carbocycles. The molecule has 3 heteroatoms. The molecule has 0 saturated heterocycles. The van der Waals surface area contributed by atoms with E-state index in [0.29, 0.717) is 36.8 Å². The number of nitrogens with one attached hydrogen (secondary N) is 1. The SMILES string of the molecule is CCC(CC)(CNC1CC(C)(C)CC1C)C(=O)O. The molecule has 0 spiro atoms. The molecule has 1 aliphatic carbocycles. The first-order valence-corrected chi connectivity index (χ1v) is 7.23. The number of carboxylic acids is 1. The number of carbonyl (C=O) groups is 1. The highest BCUT2D eigenvalue weighted by Crippen LogP contribution is 2.41. The van der Waals surface area contributed by atoms with Crippen LogP contribution in [0.4, 0.5) is 0 Å². The fourth-order valence-corrected chi connectivity index (χ4v) is 3.37. The van der Waals surface area contributed by atoms with Crippen molar-refractivity contribution in [2.24, 2.45) is 16.7 Å². The molecule has 2 atom stereocenters. The van der Waals surface area contributed by atoms with Crippen LogP contribution in [0.5, 0.6) is 0 Å². The third kappa shape index (κ3) is 3.25. The summed E-state index contributed by atoms with van der Waals surface area (Å²) in [6.07, 6.45) is 3.76. The van der Waals surface area contributed by atoms with Crippen LogP contribution in [0.25, 0.3) is 0 Å². The van der Waals surface area contributed by atoms with Gasteiger partial charge in [-0.05, 0) is 37.0 Å². The zero-order chi connectivity index (χ0) is 14.0. The van der Waals surface area contributed by atoms with Crippen LogP contribution >= 0.6 is 0 Å². The highest BCUT2D eigenvalue weighted by molar-refractivity contribution is 5.74. The molecule has 0 aromatic carbocycles. The van der Waals surface area contributed by atoms with Gasteiger partial charge in [0.15, 0.2) is 0 Å². The molecule has 2 N–H and O–H groups in total. The Morgan fingerprint density at radius 3 is 2.22 bits per heavy atom. The van der Waals surface area contributed by atoms with E-state index in [1.54, 1.807) is 0 Å². The first-order chi connectivity index (χ1) is 8.26. The molecule has 0 radical (unpaired) electrons. The van der Waals surface area contributed by atoms with E-state index >= 15 is 0 Å². The standard InChI is InChI=1S/C15H29NO2/c1-6-15(7-2,13(17)18)10-16-12-9-14(4,5)8-11(12)3/h11-12,16H,6-10H2,1-5H3,(H,17,18). The van der Waals surface area contributed by atoms with Crippen molar-refractivity contribution in [1.29, 1.82) is 0 Å². The Balaban J connectivity index is 2.61. The number of carboxylic acid groups (broad SMARTS) is 1. The van der Waals surface area contributed by atoms with E-state index < -0.39 is 11.4 Å². The molecule has 1 aliphatic rings. The summed E-state index contributed by atoms with van der Waals surface area (Å²) in [5.74, 6) is -0.0230. The molecule has 18 heavy (non-hydrogen) atoms. The molecular formula is C15H29NO2. The van der Waals surface area contributed by atoms with Gasteiger partial charge in [-0.3, -0.25) is 4.79 Å². The number of hydrogen-bond acceptors (Lipinski definition) is 2. The van der Waals surface area contributed by atoms with Crippen molar-refractivity contribution in [2.45, 2.75) is 66.3 Å². The zero-order valence-corrected chi connectivity index (χ0v) is 12.5. The van der Waals surface area contributed by atoms with E-state index in [1.807, 2.05) is 13.8 Å². The molecule has 106 valence electrons. The smallest absolute Gasteiger partial charge is 0.310 e. The van der Waals surface area contributed by atoms with Crippen LogP contribution in [0.3, 0.4) is 0 Å². The summed E-state index contributed by atoms with van der Waals surface area (Å²) < 4.78 is 0. The van der Waals surface area contributed by atoms with Crippen LogP contribution in [0.1, 0.15) is 60.3 Å². The predicted molar refractivity (Wildman–Crippen MR) is 74.6 cm³/mol. The second kappa shape index (κ2) is 5.60. The lowest BCUT2D eigenvalue weighted by Crippen LogP contribution is -2.44. The van der Waals surface area contributed by atoms with E-state index in [1.165, 1.54) is 6.42 Å². The number of hydrogen-bond donors (Lipinski definition) is 2. The molecule has 1 rings (SSSR count). The van der Waals surface area contributed by atoms with Crippen molar-refractivity contribution < 1.29 is 9.90 Å². The Labute approximate surface area is 111 Å². The Kier molecular flexibility index (Phi) is 4.82. The van der Waals surface area contributed by atoms with Gasteiger partial charge in [-0.25, -0.2) is 0 Å². The number of rotatable bonds is 6. The summed E-state index contributed by atoms with van der Waals surface area (Å²) >= 11 is 0. The molecule has 0 aromatic rings. The lowest BCUT2D eigenvalue weighted by atomic mass is 9.82. The van der Waals surface area contributed by atoms with Gasteiger partial charge in [0, 0.05) is 12.6 Å². The summed E-state index contributed by atoms with van der Waals surface area (Å²) in [4.78, 5) is 11.5. The van der Waals surface area contributed by atoms with Crippen molar-refractivity contribution in [3.8, 4) is 0 Å². The second-order valence-electron chi connectivity index (χ2n) is 6.83. The highest BCUT2D eigenvalue weighted by Gasteiger charge is 2.40. The van der Waals surface area contributed by atoms with Crippen LogP contribution in [0.15, 0.2) is 0 Å². The Morgan fingerprint density at radius 1 is 1.33 bits per heavy atom. The summed E-state index contributed by atoms with van der Waals surface area (Å²) in [5, 5.41) is 13.0. The average molecular weight is 255 g/mol. The van der Waals surface area contributed by atoms with Gasteiger partial charge in [0.05, 0.1) is 5.41 Å². The molecule has 0 bridgehead atoms. The van der Waals surface area contributed by atoms with Crippen molar-refractivity contribution in [3.05, 3.63) is 0 Å². The molecular weight excluding hydrogens is 226 g/mol. The van der Waals surface area contributed by atoms with Crippen LogP contribution in [-0.4, -0.2) is 23.7 Å². The largest absolute Gasteiger partial charge is 0.481 e. The van der Waals surface area contributed by atoms with Crippen molar-refractivity contribution in [1.82, 2.24) is 5.32 Å². The minimum absolute atomic E-state index is 0.390. The maximum absolute atomic E-state index is 11.5. The summed E-state index contributed by atoms with van der Waals surface area (Å²) in [6.45, 7) is 11.4. The average Bonchev–Trinajstić information content (AvgIpc) is 2.53. The lowest BCUT2D eigenvalue weighted by Gasteiger charge is -2.30. The summed E-state index contributed by atoms with van der Waals surface area (Å²) in [7, 11) is 0. The Bertz CT molecular complexity index is 295. The van der Waals surface area contributed by atoms with Crippen molar-refractivity contribution in [3.63, 3.8) is 0 Å². The fraction of sp³-hybridized carbons (Fsp3) is 0.933. The van der Waals surface area contributed by atoms with E-state index in [9.17, 15) is 9.90 Å². The molecule has 1 fully saturated rings. The van der Waals surface area contributed by atoms with E-state index in [0.717, 1.165) is 6.42 Å². The molecule has 0 heterocycles. The van der Waals surface area contributed by atoms with Crippen LogP contribution < -0.4 is 5.32 Å². The van der Waals surface area contributed by atoms with E-state index in [4.69, 9.17) is 0 Å². The van der Waals surface area contributed by atoms with Crippen molar-refractivity contribution >= 4 is 5.97 Å². The maximum atomic E-state index is 11.5. The predicted octanol–water partition coefficient (Wildman–Crippen LogP) is 3.29. The van der Waals surface area contributed by atoms with Gasteiger partial charge in [-0.1, -0.05) is 34.6 Å². The zero-order valence-electron chi connectivity index (χ0n) is 12.5. The van der Waals surface area contributed by atoms with E-state index in [-0.39, 0.29) is 0 Å². The lowest BCUT2D eigenvalue weighted by molar-refractivity contribution is -0.149. The minimum atomic E-state index is -0.662. The van der Waals surface area contributed by atoms with Crippen molar-refractivity contribution in [2.75, 3.05) is 6.54 Å². The third-order valence-corrected chi connectivity index (χ3v) is 4.84. The van der Waals surface area contributed by atoms with Crippen LogP contribution in [-0.2, 0) is 4.79 Å². The maximum Gasteiger partial charge on any atom is 0.310 e. The molecule has 0 aromatic heterocycles. The van der Waals surface area contributed by atoms with Gasteiger partial charge in [-0.15, -0.1) is 0 Å². The quantitative estimate of drug-likeness (QED) is 0.765. The third-order valence-electron chi connectivity index (χ3n) is 4.84. The minimum Gasteiger partial charge on any atom is -0.481 e. The molecule has 0 aliphatic heterocycles. The van der Waals surface area contributed by atoms with Gasteiger partial charge >= 0.3 is 5.97 Å². The Hall–Kier alpha value is -0.570. The van der Waals surface area contributed by atoms with Gasteiger partial charge in [0.2, 0.25) is 0 Å². The first kappa shape index (κ1) is 15.5. The topological polar surface area (TPSA) is 49.3 Å². The highest BCUT2D eigenvalue weighted by atomic mass is 16.4. The van der Waals surface area contributed by atoms with Gasteiger partial charge in [-0.2, -0.15) is 0 Å². The van der Waals surface area contributed by atoms with Crippen LogP contribution in [0, 0.1) is 16.7 Å². The molecule has 2 unspecified atom stereocenters. The second-order valence-corrected chi connectivity index (χ2v) is 6.83. The van der Waals surface area contributed by atoms with Gasteiger partial charge in [0.25, 0.3) is 0 Å². The number of aliphatic carboxylic acids is 1. The van der Waals surface area contributed by atoms with Crippen LogP contribution in [0.2, 0.25) is 0 Å². The molecule has 3 nitrogen and oxygen atoms in total. The van der Waals surface area contributed by atoms with Gasteiger partial charge < -0.3 is 10.4 Å².